The van der Waals surface area contributed by atoms with E-state index in [0.717, 1.165) is 5.69 Å². The van der Waals surface area contributed by atoms with E-state index in [1.165, 1.54) is 7.11 Å². The van der Waals surface area contributed by atoms with Gasteiger partial charge in [-0.3, -0.25) is 4.98 Å². The summed E-state index contributed by atoms with van der Waals surface area (Å²) >= 11 is 3.21. The molecule has 0 fully saturated rings. The van der Waals surface area contributed by atoms with Gasteiger partial charge in [-0.2, -0.15) is 0 Å². The van der Waals surface area contributed by atoms with Gasteiger partial charge >= 0.3 is 5.97 Å². The summed E-state index contributed by atoms with van der Waals surface area (Å²) in [5, 5.41) is 0. The van der Waals surface area contributed by atoms with E-state index < -0.39 is 0 Å². The van der Waals surface area contributed by atoms with Crippen LogP contribution in [0.1, 0.15) is 29.9 Å². The van der Waals surface area contributed by atoms with E-state index in [1.807, 2.05) is 20.8 Å². The second-order valence-corrected chi connectivity index (χ2v) is 3.15. The Kier molecular flexibility index (Phi) is 6.12. The van der Waals surface area contributed by atoms with Crippen LogP contribution in [0.4, 0.5) is 0 Å². The van der Waals surface area contributed by atoms with Gasteiger partial charge in [0.25, 0.3) is 0 Å². The van der Waals surface area contributed by atoms with E-state index in [9.17, 15) is 4.79 Å². The second kappa shape index (κ2) is 6.54. The maximum atomic E-state index is 11.1. The van der Waals surface area contributed by atoms with Crippen molar-refractivity contribution in [1.29, 1.82) is 0 Å². The van der Waals surface area contributed by atoms with E-state index in [1.54, 1.807) is 12.3 Å². The van der Waals surface area contributed by atoms with Crippen LogP contribution in [0.3, 0.4) is 0 Å². The fraction of sp³-hybridized carbons (Fsp3) is 0.400. The number of hydrogen-bond donors (Lipinski definition) is 0. The number of rotatable bonds is 1. The summed E-state index contributed by atoms with van der Waals surface area (Å²) in [7, 11) is 1.35. The van der Waals surface area contributed by atoms with Crippen molar-refractivity contribution in [3.8, 4) is 0 Å². The van der Waals surface area contributed by atoms with Crippen molar-refractivity contribution in [2.24, 2.45) is 0 Å². The number of aryl methyl sites for hydroxylation is 1. The summed E-state index contributed by atoms with van der Waals surface area (Å²) in [5.41, 5.74) is 1.30. The van der Waals surface area contributed by atoms with Crippen molar-refractivity contribution in [3.05, 3.63) is 28.0 Å². The Morgan fingerprint density at radius 1 is 1.50 bits per heavy atom. The van der Waals surface area contributed by atoms with Crippen LogP contribution in [0.2, 0.25) is 0 Å². The molecule has 3 nitrogen and oxygen atoms in total. The molecule has 14 heavy (non-hydrogen) atoms. The Bertz CT molecular complexity index is 313. The number of pyridine rings is 1. The van der Waals surface area contributed by atoms with Gasteiger partial charge in [0.1, 0.15) is 0 Å². The van der Waals surface area contributed by atoms with E-state index in [4.69, 9.17) is 0 Å². The molecule has 0 atom stereocenters. The number of aromatic nitrogens is 1. The summed E-state index contributed by atoms with van der Waals surface area (Å²) in [5.74, 6) is -0.354. The molecule has 0 N–H and O–H groups in total. The lowest BCUT2D eigenvalue weighted by molar-refractivity contribution is 0.0599. The summed E-state index contributed by atoms with van der Waals surface area (Å²) in [6.45, 7) is 5.82. The number of methoxy groups -OCH3 is 1. The number of ether oxygens (including phenoxy) is 1. The highest BCUT2D eigenvalue weighted by Crippen LogP contribution is 2.16. The lowest BCUT2D eigenvalue weighted by atomic mass is 10.2. The second-order valence-electron chi connectivity index (χ2n) is 2.30. The third kappa shape index (κ3) is 3.46. The van der Waals surface area contributed by atoms with Gasteiger partial charge in [0.2, 0.25) is 0 Å². The van der Waals surface area contributed by atoms with Crippen LogP contribution < -0.4 is 0 Å². The molecule has 0 aliphatic carbocycles. The topological polar surface area (TPSA) is 39.2 Å². The molecule has 0 aliphatic heterocycles. The number of carbonyl (C=O) groups is 1. The summed E-state index contributed by atoms with van der Waals surface area (Å²) in [6, 6.07) is 1.68. The van der Waals surface area contributed by atoms with Crippen LogP contribution in [0.15, 0.2) is 16.7 Å². The first-order valence-electron chi connectivity index (χ1n) is 4.35. The minimum Gasteiger partial charge on any atom is -0.465 e. The molecule has 1 heterocycles. The van der Waals surface area contributed by atoms with E-state index in [-0.39, 0.29) is 5.97 Å². The molecule has 4 heteroatoms. The van der Waals surface area contributed by atoms with Crippen LogP contribution in [-0.4, -0.2) is 18.1 Å². The largest absolute Gasteiger partial charge is 0.465 e. The molecule has 1 aromatic heterocycles. The highest BCUT2D eigenvalue weighted by atomic mass is 79.9. The third-order valence-corrected chi connectivity index (χ3v) is 2.03. The minimum absolute atomic E-state index is 0.354. The number of hydrogen-bond acceptors (Lipinski definition) is 3. The fourth-order valence-corrected chi connectivity index (χ4v) is 1.19. The zero-order valence-electron chi connectivity index (χ0n) is 8.80. The third-order valence-electron chi connectivity index (χ3n) is 1.40. The first kappa shape index (κ1) is 13.1. The standard InChI is InChI=1S/C8H8BrNO2.C2H6/c1-5-3-6(8(11)12-2)7(9)4-10-5;1-2/h3-4H,1-2H3;1-2H3. The molecular weight excluding hydrogens is 246 g/mol. The molecule has 0 saturated heterocycles. The van der Waals surface area contributed by atoms with Crippen molar-refractivity contribution >= 4 is 21.9 Å². The fourth-order valence-electron chi connectivity index (χ4n) is 0.810. The van der Waals surface area contributed by atoms with Gasteiger partial charge in [0.15, 0.2) is 0 Å². The summed E-state index contributed by atoms with van der Waals surface area (Å²) in [6.07, 6.45) is 1.58. The minimum atomic E-state index is -0.354. The van der Waals surface area contributed by atoms with E-state index in [2.05, 4.69) is 25.7 Å². The van der Waals surface area contributed by atoms with Crippen molar-refractivity contribution in [2.45, 2.75) is 20.8 Å². The number of esters is 1. The van der Waals surface area contributed by atoms with Gasteiger partial charge in [-0.1, -0.05) is 13.8 Å². The monoisotopic (exact) mass is 259 g/mol. The zero-order valence-corrected chi connectivity index (χ0v) is 10.4. The smallest absolute Gasteiger partial charge is 0.339 e. The van der Waals surface area contributed by atoms with Gasteiger partial charge in [0.05, 0.1) is 17.1 Å². The van der Waals surface area contributed by atoms with Crippen LogP contribution in [0.5, 0.6) is 0 Å². The Hall–Kier alpha value is -0.900. The zero-order chi connectivity index (χ0) is 11.1. The molecule has 0 bridgehead atoms. The average molecular weight is 260 g/mol. The van der Waals surface area contributed by atoms with E-state index in [0.29, 0.717) is 10.0 Å². The first-order chi connectivity index (χ1) is 6.65. The molecule has 1 rings (SSSR count). The predicted octanol–water partition coefficient (Wildman–Crippen LogP) is 2.97. The highest BCUT2D eigenvalue weighted by Gasteiger charge is 2.09. The van der Waals surface area contributed by atoms with Crippen molar-refractivity contribution in [3.63, 3.8) is 0 Å². The van der Waals surface area contributed by atoms with Gasteiger partial charge in [-0.25, -0.2) is 4.79 Å². The SMILES string of the molecule is CC.COC(=O)c1cc(C)ncc1Br. The molecule has 0 spiro atoms. The number of nitrogens with zero attached hydrogens (tertiary/aromatic N) is 1. The molecule has 1 aromatic rings. The Balaban J connectivity index is 0.000000791. The van der Waals surface area contributed by atoms with Crippen LogP contribution >= 0.6 is 15.9 Å². The first-order valence-corrected chi connectivity index (χ1v) is 5.15. The van der Waals surface area contributed by atoms with Crippen LogP contribution in [0.25, 0.3) is 0 Å². The van der Waals surface area contributed by atoms with Crippen molar-refractivity contribution in [1.82, 2.24) is 4.98 Å². The summed E-state index contributed by atoms with van der Waals surface area (Å²) < 4.78 is 5.23. The Labute approximate surface area is 92.6 Å². The van der Waals surface area contributed by atoms with Crippen LogP contribution in [0, 0.1) is 6.92 Å². The molecular formula is C10H14BrNO2. The molecule has 0 aliphatic rings. The lowest BCUT2D eigenvalue weighted by Gasteiger charge is -2.01. The predicted molar refractivity (Wildman–Crippen MR) is 59.4 cm³/mol. The lowest BCUT2D eigenvalue weighted by Crippen LogP contribution is -2.03. The molecule has 0 aromatic carbocycles. The maximum Gasteiger partial charge on any atom is 0.339 e. The normalized spacial score (nSPS) is 8.64. The quantitative estimate of drug-likeness (QED) is 0.729. The van der Waals surface area contributed by atoms with Crippen molar-refractivity contribution < 1.29 is 9.53 Å². The van der Waals surface area contributed by atoms with Gasteiger partial charge in [0, 0.05) is 11.9 Å². The molecule has 0 radical (unpaired) electrons. The summed E-state index contributed by atoms with van der Waals surface area (Å²) in [4.78, 5) is 15.1. The number of halogens is 1. The number of carbonyl (C=O) groups excluding carboxylic acids is 1. The Morgan fingerprint density at radius 3 is 2.57 bits per heavy atom. The van der Waals surface area contributed by atoms with Gasteiger partial charge < -0.3 is 4.74 Å². The molecule has 0 amide bonds. The van der Waals surface area contributed by atoms with Crippen LogP contribution in [-0.2, 0) is 4.74 Å². The van der Waals surface area contributed by atoms with Crippen molar-refractivity contribution in [2.75, 3.05) is 7.11 Å². The molecule has 0 saturated carbocycles. The highest BCUT2D eigenvalue weighted by molar-refractivity contribution is 9.10. The van der Waals surface area contributed by atoms with Gasteiger partial charge in [-0.15, -0.1) is 0 Å². The average Bonchev–Trinajstić information content (AvgIpc) is 2.23. The maximum absolute atomic E-state index is 11.1. The molecule has 0 unspecified atom stereocenters. The van der Waals surface area contributed by atoms with E-state index >= 15 is 0 Å². The molecule has 78 valence electrons. The van der Waals surface area contributed by atoms with Gasteiger partial charge in [-0.05, 0) is 28.9 Å². The Morgan fingerprint density at radius 2 is 2.07 bits per heavy atom.